The third-order valence-corrected chi connectivity index (χ3v) is 3.69. The normalized spacial score (nSPS) is 18.4. The summed E-state index contributed by atoms with van der Waals surface area (Å²) in [6, 6.07) is -1.21. The van der Waals surface area contributed by atoms with Gasteiger partial charge in [0.1, 0.15) is 6.04 Å². The lowest BCUT2D eigenvalue weighted by Gasteiger charge is -2.21. The molecule has 0 aromatic heterocycles. The number of hydrogen-bond acceptors (Lipinski definition) is 4. The van der Waals surface area contributed by atoms with Crippen molar-refractivity contribution in [3.8, 4) is 0 Å². The molecular formula is C14H23NO5. The number of ether oxygens (including phenoxy) is 1. The number of carboxylic acid groups (broad SMARTS) is 1. The number of carbonyl (C=O) groups excluding carboxylic acids is 2. The number of aliphatic carboxylic acids is 1. The predicted octanol–water partition coefficient (Wildman–Crippen LogP) is 1.48. The summed E-state index contributed by atoms with van der Waals surface area (Å²) in [5, 5.41) is 11.5. The van der Waals surface area contributed by atoms with Gasteiger partial charge in [-0.25, -0.2) is 4.79 Å². The van der Waals surface area contributed by atoms with E-state index in [1.165, 1.54) is 13.5 Å². The Labute approximate surface area is 118 Å². The highest BCUT2D eigenvalue weighted by Crippen LogP contribution is 2.22. The van der Waals surface area contributed by atoms with E-state index in [-0.39, 0.29) is 18.2 Å². The van der Waals surface area contributed by atoms with Crippen molar-refractivity contribution in [3.05, 3.63) is 0 Å². The molecule has 0 radical (unpaired) electrons. The third-order valence-electron chi connectivity index (χ3n) is 3.69. The van der Waals surface area contributed by atoms with Crippen LogP contribution in [0, 0.1) is 5.92 Å². The Bertz CT molecular complexity index is 347. The highest BCUT2D eigenvalue weighted by Gasteiger charge is 2.27. The van der Waals surface area contributed by atoms with Crippen LogP contribution in [0.3, 0.4) is 0 Å². The van der Waals surface area contributed by atoms with Gasteiger partial charge in [-0.1, -0.05) is 32.1 Å². The summed E-state index contributed by atoms with van der Waals surface area (Å²) in [7, 11) is 1.19. The van der Waals surface area contributed by atoms with Crippen LogP contribution >= 0.6 is 0 Å². The second kappa shape index (κ2) is 8.55. The van der Waals surface area contributed by atoms with E-state index < -0.39 is 18.0 Å². The van der Waals surface area contributed by atoms with Crippen molar-refractivity contribution in [1.82, 2.24) is 5.32 Å². The molecule has 0 spiro atoms. The van der Waals surface area contributed by atoms with Gasteiger partial charge in [-0.15, -0.1) is 0 Å². The predicted molar refractivity (Wildman–Crippen MR) is 72.0 cm³/mol. The van der Waals surface area contributed by atoms with E-state index in [1.807, 2.05) is 0 Å². The maximum atomic E-state index is 12.1. The first-order valence-electron chi connectivity index (χ1n) is 7.14. The largest absolute Gasteiger partial charge is 0.480 e. The Kier molecular flexibility index (Phi) is 7.04. The molecule has 1 aliphatic carbocycles. The average Bonchev–Trinajstić information content (AvgIpc) is 2.36. The van der Waals surface area contributed by atoms with Crippen molar-refractivity contribution in [2.24, 2.45) is 5.92 Å². The van der Waals surface area contributed by atoms with Gasteiger partial charge in [0.15, 0.2) is 0 Å². The van der Waals surface area contributed by atoms with Crippen LogP contribution in [-0.2, 0) is 19.1 Å². The molecule has 6 nitrogen and oxygen atoms in total. The van der Waals surface area contributed by atoms with Crippen LogP contribution in [0.2, 0.25) is 0 Å². The maximum Gasteiger partial charge on any atom is 0.326 e. The van der Waals surface area contributed by atoms with Crippen molar-refractivity contribution in [2.75, 3.05) is 7.11 Å². The Hall–Kier alpha value is -1.59. The Morgan fingerprint density at radius 2 is 1.70 bits per heavy atom. The van der Waals surface area contributed by atoms with Gasteiger partial charge in [0, 0.05) is 5.92 Å². The van der Waals surface area contributed by atoms with E-state index in [2.05, 4.69) is 10.1 Å². The van der Waals surface area contributed by atoms with Crippen molar-refractivity contribution in [2.45, 2.75) is 57.4 Å². The number of nitrogens with one attached hydrogen (secondary N) is 1. The summed E-state index contributed by atoms with van der Waals surface area (Å²) in [6.07, 6.45) is 6.66. The van der Waals surface area contributed by atoms with E-state index in [1.54, 1.807) is 0 Å². The van der Waals surface area contributed by atoms with Gasteiger partial charge >= 0.3 is 11.9 Å². The first kappa shape index (κ1) is 16.5. The second-order valence-corrected chi connectivity index (χ2v) is 5.22. The van der Waals surface area contributed by atoms with Gasteiger partial charge in [-0.2, -0.15) is 0 Å². The standard InChI is InChI=1S/C14H23NO5/c1-20-12(16)9-11(14(18)19)15-13(17)10-7-5-3-2-4-6-8-10/h10-11H,2-9H2,1H3,(H,15,17)(H,18,19)/t11-/m0/s1. The second-order valence-electron chi connectivity index (χ2n) is 5.22. The minimum absolute atomic E-state index is 0.144. The van der Waals surface area contributed by atoms with E-state index in [0.29, 0.717) is 0 Å². The Morgan fingerprint density at radius 1 is 1.15 bits per heavy atom. The van der Waals surface area contributed by atoms with Crippen molar-refractivity contribution in [3.63, 3.8) is 0 Å². The smallest absolute Gasteiger partial charge is 0.326 e. The molecule has 1 fully saturated rings. The molecule has 20 heavy (non-hydrogen) atoms. The molecule has 1 rings (SSSR count). The molecule has 1 saturated carbocycles. The van der Waals surface area contributed by atoms with Crippen LogP contribution in [-0.4, -0.2) is 36.1 Å². The monoisotopic (exact) mass is 285 g/mol. The highest BCUT2D eigenvalue weighted by molar-refractivity contribution is 5.88. The molecule has 0 saturated heterocycles. The first-order chi connectivity index (χ1) is 9.54. The van der Waals surface area contributed by atoms with Gasteiger partial charge < -0.3 is 15.2 Å². The highest BCUT2D eigenvalue weighted by atomic mass is 16.5. The number of rotatable bonds is 5. The Balaban J connectivity index is 2.55. The van der Waals surface area contributed by atoms with Crippen molar-refractivity contribution >= 4 is 17.8 Å². The molecule has 0 unspecified atom stereocenters. The van der Waals surface area contributed by atoms with Crippen molar-refractivity contribution in [1.29, 1.82) is 0 Å². The summed E-state index contributed by atoms with van der Waals surface area (Å²) in [5.74, 6) is -2.26. The number of carbonyl (C=O) groups is 3. The zero-order valence-corrected chi connectivity index (χ0v) is 11.9. The molecule has 1 amide bonds. The fraction of sp³-hybridized carbons (Fsp3) is 0.786. The zero-order valence-electron chi connectivity index (χ0n) is 11.9. The zero-order chi connectivity index (χ0) is 15.0. The van der Waals surface area contributed by atoms with Gasteiger partial charge in [-0.3, -0.25) is 9.59 Å². The lowest BCUT2D eigenvalue weighted by atomic mass is 9.90. The van der Waals surface area contributed by atoms with Gasteiger partial charge in [0.2, 0.25) is 5.91 Å². The SMILES string of the molecule is COC(=O)C[C@H](NC(=O)C1CCCCCCC1)C(=O)O. The molecule has 0 bridgehead atoms. The number of hydrogen-bond donors (Lipinski definition) is 2. The minimum Gasteiger partial charge on any atom is -0.480 e. The summed E-state index contributed by atoms with van der Waals surface area (Å²) in [4.78, 5) is 34.3. The fourth-order valence-electron chi connectivity index (χ4n) is 2.46. The van der Waals surface area contributed by atoms with Crippen LogP contribution in [0.1, 0.15) is 51.4 Å². The maximum absolute atomic E-state index is 12.1. The van der Waals surface area contributed by atoms with E-state index in [9.17, 15) is 14.4 Å². The lowest BCUT2D eigenvalue weighted by Crippen LogP contribution is -2.45. The molecular weight excluding hydrogens is 262 g/mol. The summed E-state index contributed by atoms with van der Waals surface area (Å²) in [5.41, 5.74) is 0. The van der Waals surface area contributed by atoms with Crippen LogP contribution in [0.4, 0.5) is 0 Å². The van der Waals surface area contributed by atoms with Gasteiger partial charge in [0.05, 0.1) is 13.5 Å². The minimum atomic E-state index is -1.21. The number of methoxy groups -OCH3 is 1. The molecule has 0 heterocycles. The van der Waals surface area contributed by atoms with Gasteiger partial charge in [0.25, 0.3) is 0 Å². The quantitative estimate of drug-likeness (QED) is 0.746. The van der Waals surface area contributed by atoms with E-state index in [4.69, 9.17) is 5.11 Å². The number of amides is 1. The number of esters is 1. The summed E-state index contributed by atoms with van der Waals surface area (Å²) in [6.45, 7) is 0. The molecule has 114 valence electrons. The third kappa shape index (κ3) is 5.59. The molecule has 1 atom stereocenters. The molecule has 1 aliphatic rings. The first-order valence-corrected chi connectivity index (χ1v) is 7.14. The van der Waals surface area contributed by atoms with Crippen LogP contribution < -0.4 is 5.32 Å². The number of carboxylic acids is 1. The molecule has 0 aromatic rings. The molecule has 2 N–H and O–H groups in total. The molecule has 0 aromatic carbocycles. The van der Waals surface area contributed by atoms with Crippen molar-refractivity contribution < 1.29 is 24.2 Å². The average molecular weight is 285 g/mol. The molecule has 6 heteroatoms. The van der Waals surface area contributed by atoms with Crippen LogP contribution in [0.5, 0.6) is 0 Å². The summed E-state index contributed by atoms with van der Waals surface area (Å²) < 4.78 is 4.44. The van der Waals surface area contributed by atoms with Crippen LogP contribution in [0.15, 0.2) is 0 Å². The topological polar surface area (TPSA) is 92.7 Å². The lowest BCUT2D eigenvalue weighted by molar-refractivity contribution is -0.149. The van der Waals surface area contributed by atoms with Crippen LogP contribution in [0.25, 0.3) is 0 Å². The van der Waals surface area contributed by atoms with Gasteiger partial charge in [-0.05, 0) is 12.8 Å². The summed E-state index contributed by atoms with van der Waals surface area (Å²) >= 11 is 0. The molecule has 0 aliphatic heterocycles. The Morgan fingerprint density at radius 3 is 2.20 bits per heavy atom. The van der Waals surface area contributed by atoms with E-state index in [0.717, 1.165) is 38.5 Å². The van der Waals surface area contributed by atoms with E-state index >= 15 is 0 Å². The fourth-order valence-corrected chi connectivity index (χ4v) is 2.46.